The summed E-state index contributed by atoms with van der Waals surface area (Å²) in [6, 6.07) is 25.9. The summed E-state index contributed by atoms with van der Waals surface area (Å²) in [6.07, 6.45) is 7.50. The smallest absolute Gasteiger partial charge is 0.118 e. The third kappa shape index (κ3) is 6.25. The maximum Gasteiger partial charge on any atom is 0.118 e. The van der Waals surface area contributed by atoms with Crippen molar-refractivity contribution >= 4 is 15.9 Å². The summed E-state index contributed by atoms with van der Waals surface area (Å²) in [5, 5.41) is 0. The van der Waals surface area contributed by atoms with E-state index >= 15 is 0 Å². The van der Waals surface area contributed by atoms with Crippen molar-refractivity contribution in [3.63, 3.8) is 0 Å². The maximum absolute atomic E-state index is 5.22. The van der Waals surface area contributed by atoms with E-state index in [1.807, 2.05) is 12.1 Å². The van der Waals surface area contributed by atoms with Crippen LogP contribution >= 0.6 is 15.9 Å². The molecule has 0 saturated heterocycles. The number of aryl methyl sites for hydroxylation is 2. The third-order valence-corrected chi connectivity index (χ3v) is 5.50. The number of benzene rings is 3. The number of methoxy groups -OCH3 is 1. The van der Waals surface area contributed by atoms with Gasteiger partial charge in [0, 0.05) is 4.47 Å². The standard InChI is InChI=1S/C25H27BrO/c1-27-25-18-14-23(15-19-25)22-12-8-20(9-13-22)6-4-2-3-5-7-21-10-16-24(26)17-11-21/h8-19H,2-7H2,1H3. The molecule has 27 heavy (non-hydrogen) atoms. The minimum atomic E-state index is 0.899. The van der Waals surface area contributed by atoms with Crippen LogP contribution in [0, 0.1) is 0 Å². The van der Waals surface area contributed by atoms with Gasteiger partial charge in [-0.05, 0) is 72.2 Å². The Kier molecular flexibility index (Phi) is 7.53. The minimum absolute atomic E-state index is 0.899. The molecule has 3 aromatic rings. The molecule has 0 bridgehead atoms. The second-order valence-corrected chi connectivity index (χ2v) is 7.88. The Morgan fingerprint density at radius 2 is 1.04 bits per heavy atom. The zero-order valence-electron chi connectivity index (χ0n) is 16.0. The molecule has 0 aliphatic heterocycles. The SMILES string of the molecule is COc1ccc(-c2ccc(CCCCCCc3ccc(Br)cc3)cc2)cc1. The van der Waals surface area contributed by atoms with Crippen LogP contribution < -0.4 is 4.74 Å². The molecule has 3 aromatic carbocycles. The van der Waals surface area contributed by atoms with Gasteiger partial charge in [-0.1, -0.05) is 77.3 Å². The summed E-state index contributed by atoms with van der Waals surface area (Å²) in [5.74, 6) is 0.899. The first-order valence-electron chi connectivity index (χ1n) is 9.72. The average Bonchev–Trinajstić information content (AvgIpc) is 2.72. The van der Waals surface area contributed by atoms with Crippen LogP contribution in [0.25, 0.3) is 11.1 Å². The Morgan fingerprint density at radius 3 is 1.52 bits per heavy atom. The van der Waals surface area contributed by atoms with Crippen LogP contribution in [-0.2, 0) is 12.8 Å². The third-order valence-electron chi connectivity index (χ3n) is 4.97. The zero-order valence-corrected chi connectivity index (χ0v) is 17.5. The maximum atomic E-state index is 5.22. The van der Waals surface area contributed by atoms with E-state index in [1.165, 1.54) is 60.8 Å². The number of ether oxygens (including phenoxy) is 1. The Hall–Kier alpha value is -2.06. The Morgan fingerprint density at radius 1 is 0.593 bits per heavy atom. The normalized spacial score (nSPS) is 10.7. The zero-order chi connectivity index (χ0) is 18.9. The number of hydrogen-bond acceptors (Lipinski definition) is 1. The summed E-state index contributed by atoms with van der Waals surface area (Å²) in [6.45, 7) is 0. The topological polar surface area (TPSA) is 9.23 Å². The highest BCUT2D eigenvalue weighted by Crippen LogP contribution is 2.23. The molecule has 0 spiro atoms. The molecule has 0 aromatic heterocycles. The highest BCUT2D eigenvalue weighted by molar-refractivity contribution is 9.10. The molecule has 0 atom stereocenters. The van der Waals surface area contributed by atoms with Gasteiger partial charge in [0.15, 0.2) is 0 Å². The molecule has 0 aliphatic carbocycles. The van der Waals surface area contributed by atoms with Gasteiger partial charge in [0.2, 0.25) is 0 Å². The molecule has 1 nitrogen and oxygen atoms in total. The van der Waals surface area contributed by atoms with Crippen LogP contribution in [0.5, 0.6) is 5.75 Å². The van der Waals surface area contributed by atoms with E-state index in [9.17, 15) is 0 Å². The Labute approximate surface area is 171 Å². The van der Waals surface area contributed by atoms with Crippen LogP contribution in [-0.4, -0.2) is 7.11 Å². The number of halogens is 1. The predicted molar refractivity (Wildman–Crippen MR) is 118 cm³/mol. The molecule has 2 heteroatoms. The van der Waals surface area contributed by atoms with Gasteiger partial charge in [-0.3, -0.25) is 0 Å². The van der Waals surface area contributed by atoms with Crippen molar-refractivity contribution in [3.8, 4) is 16.9 Å². The summed E-state index contributed by atoms with van der Waals surface area (Å²) in [7, 11) is 1.70. The van der Waals surface area contributed by atoms with Crippen molar-refractivity contribution in [1.29, 1.82) is 0 Å². The second kappa shape index (κ2) is 10.3. The first kappa shape index (κ1) is 19.7. The van der Waals surface area contributed by atoms with Crippen molar-refractivity contribution in [2.45, 2.75) is 38.5 Å². The fraction of sp³-hybridized carbons (Fsp3) is 0.280. The first-order valence-corrected chi connectivity index (χ1v) is 10.5. The van der Waals surface area contributed by atoms with Crippen molar-refractivity contribution in [2.24, 2.45) is 0 Å². The molecule has 3 rings (SSSR count). The van der Waals surface area contributed by atoms with Crippen molar-refractivity contribution in [2.75, 3.05) is 7.11 Å². The molecule has 0 fully saturated rings. The Bertz CT molecular complexity index is 804. The second-order valence-electron chi connectivity index (χ2n) is 6.97. The van der Waals surface area contributed by atoms with Crippen LogP contribution in [0.1, 0.15) is 36.8 Å². The van der Waals surface area contributed by atoms with Crippen LogP contribution in [0.3, 0.4) is 0 Å². The number of unbranched alkanes of at least 4 members (excludes halogenated alkanes) is 3. The van der Waals surface area contributed by atoms with Gasteiger partial charge in [0.25, 0.3) is 0 Å². The van der Waals surface area contributed by atoms with E-state index < -0.39 is 0 Å². The van der Waals surface area contributed by atoms with E-state index in [1.54, 1.807) is 7.11 Å². The molecule has 0 saturated carbocycles. The lowest BCUT2D eigenvalue weighted by molar-refractivity contribution is 0.415. The molecule has 0 radical (unpaired) electrons. The van der Waals surface area contributed by atoms with Gasteiger partial charge in [0.1, 0.15) is 5.75 Å². The largest absolute Gasteiger partial charge is 0.497 e. The lowest BCUT2D eigenvalue weighted by atomic mass is 10.0. The van der Waals surface area contributed by atoms with Crippen LogP contribution in [0.15, 0.2) is 77.3 Å². The van der Waals surface area contributed by atoms with Gasteiger partial charge < -0.3 is 4.74 Å². The van der Waals surface area contributed by atoms with Crippen LogP contribution in [0.4, 0.5) is 0 Å². The van der Waals surface area contributed by atoms with E-state index in [2.05, 4.69) is 76.6 Å². The van der Waals surface area contributed by atoms with Crippen molar-refractivity contribution in [3.05, 3.63) is 88.4 Å². The summed E-state index contributed by atoms with van der Waals surface area (Å²) in [4.78, 5) is 0. The van der Waals surface area contributed by atoms with Gasteiger partial charge in [-0.15, -0.1) is 0 Å². The van der Waals surface area contributed by atoms with Gasteiger partial charge >= 0.3 is 0 Å². The summed E-state index contributed by atoms with van der Waals surface area (Å²) >= 11 is 3.49. The lowest BCUT2D eigenvalue weighted by Crippen LogP contribution is -1.89. The molecular formula is C25H27BrO. The quantitative estimate of drug-likeness (QED) is 0.324. The fourth-order valence-corrected chi connectivity index (χ4v) is 3.57. The molecule has 0 aliphatic rings. The monoisotopic (exact) mass is 422 g/mol. The molecule has 0 heterocycles. The van der Waals surface area contributed by atoms with Crippen molar-refractivity contribution in [1.82, 2.24) is 0 Å². The first-order chi connectivity index (χ1) is 13.2. The lowest BCUT2D eigenvalue weighted by Gasteiger charge is -2.06. The van der Waals surface area contributed by atoms with E-state index in [0.717, 1.165) is 10.2 Å². The highest BCUT2D eigenvalue weighted by atomic mass is 79.9. The van der Waals surface area contributed by atoms with E-state index in [4.69, 9.17) is 4.74 Å². The van der Waals surface area contributed by atoms with E-state index in [0.29, 0.717) is 0 Å². The van der Waals surface area contributed by atoms with Gasteiger partial charge in [-0.25, -0.2) is 0 Å². The molecule has 0 amide bonds. The predicted octanol–water partition coefficient (Wildman–Crippen LogP) is 7.47. The minimum Gasteiger partial charge on any atom is -0.497 e. The molecule has 0 N–H and O–H groups in total. The number of rotatable bonds is 9. The van der Waals surface area contributed by atoms with Gasteiger partial charge in [0.05, 0.1) is 7.11 Å². The van der Waals surface area contributed by atoms with E-state index in [-0.39, 0.29) is 0 Å². The van der Waals surface area contributed by atoms with Crippen LogP contribution in [0.2, 0.25) is 0 Å². The molecular weight excluding hydrogens is 396 g/mol. The van der Waals surface area contributed by atoms with Gasteiger partial charge in [-0.2, -0.15) is 0 Å². The molecule has 140 valence electrons. The van der Waals surface area contributed by atoms with Crippen molar-refractivity contribution < 1.29 is 4.74 Å². The fourth-order valence-electron chi connectivity index (χ4n) is 3.31. The molecule has 0 unspecified atom stereocenters. The highest BCUT2D eigenvalue weighted by Gasteiger charge is 2.00. The summed E-state index contributed by atoms with van der Waals surface area (Å²) in [5.41, 5.74) is 5.36. The number of hydrogen-bond donors (Lipinski definition) is 0. The summed E-state index contributed by atoms with van der Waals surface area (Å²) < 4.78 is 6.38. The Balaban J connectivity index is 1.37. The average molecular weight is 423 g/mol.